The number of hydrogen-bond acceptors (Lipinski definition) is 1. The van der Waals surface area contributed by atoms with Crippen LogP contribution in [0, 0.1) is 0 Å². The summed E-state index contributed by atoms with van der Waals surface area (Å²) in [7, 11) is 0. The van der Waals surface area contributed by atoms with Gasteiger partial charge in [0.25, 0.3) is 0 Å². The smallest absolute Gasteiger partial charge is 0.0467 e. The van der Waals surface area contributed by atoms with Crippen LogP contribution in [0.2, 0.25) is 0 Å². The molecule has 1 heteroatoms. The van der Waals surface area contributed by atoms with E-state index in [0.29, 0.717) is 0 Å². The van der Waals surface area contributed by atoms with Crippen molar-refractivity contribution in [1.82, 2.24) is 0 Å². The Balaban J connectivity index is 0.981. The molecule has 11 aromatic rings. The molecule has 286 valence electrons. The maximum absolute atomic E-state index is 2.38. The molecule has 0 atom stereocenters. The van der Waals surface area contributed by atoms with Crippen LogP contribution < -0.4 is 4.90 Å². The third-order valence-corrected chi connectivity index (χ3v) is 12.1. The summed E-state index contributed by atoms with van der Waals surface area (Å²) in [5.74, 6) is 0. The molecule has 0 aromatic heterocycles. The molecule has 0 aliphatic rings. The summed E-state index contributed by atoms with van der Waals surface area (Å²) in [6.45, 7) is 0. The lowest BCUT2D eigenvalue weighted by atomic mass is 9.90. The van der Waals surface area contributed by atoms with Crippen LogP contribution in [0.25, 0.3) is 88.0 Å². The standard InChI is InChI=1S/C60H41N/c1-2-15-49(16-3-1)60-58-22-9-7-14-47(58)34-39-59(60)48-32-37-54(38-33-48)61(55-20-10-19-52(41-55)57-23-11-18-46-13-6-8-21-56(46)57)53-35-30-44(31-36-53)43-24-26-45(27-25-43)51-29-28-42-12-4-5-17-50(42)40-51/h1-41H. The van der Waals surface area contributed by atoms with Gasteiger partial charge in [-0.1, -0.05) is 206 Å². The van der Waals surface area contributed by atoms with E-state index in [0.717, 1.165) is 17.1 Å². The van der Waals surface area contributed by atoms with E-state index >= 15 is 0 Å². The number of nitrogens with zero attached hydrogens (tertiary/aromatic N) is 1. The minimum absolute atomic E-state index is 1.09. The Kier molecular flexibility index (Phi) is 9.26. The largest absolute Gasteiger partial charge is 0.310 e. The highest BCUT2D eigenvalue weighted by Gasteiger charge is 2.17. The van der Waals surface area contributed by atoms with Crippen molar-refractivity contribution in [2.45, 2.75) is 0 Å². The van der Waals surface area contributed by atoms with Crippen LogP contribution in [0.4, 0.5) is 17.1 Å². The van der Waals surface area contributed by atoms with Crippen LogP contribution >= 0.6 is 0 Å². The van der Waals surface area contributed by atoms with Gasteiger partial charge in [-0.3, -0.25) is 0 Å². The van der Waals surface area contributed by atoms with E-state index in [4.69, 9.17) is 0 Å². The summed E-state index contributed by atoms with van der Waals surface area (Å²) in [5, 5.41) is 7.50. The van der Waals surface area contributed by atoms with Gasteiger partial charge in [0, 0.05) is 17.1 Å². The van der Waals surface area contributed by atoms with Gasteiger partial charge in [-0.2, -0.15) is 0 Å². The molecule has 0 amide bonds. The normalized spacial score (nSPS) is 11.3. The Labute approximate surface area is 357 Å². The average molecular weight is 776 g/mol. The van der Waals surface area contributed by atoms with E-state index in [2.05, 4.69) is 254 Å². The first-order valence-electron chi connectivity index (χ1n) is 21.0. The van der Waals surface area contributed by atoms with Crippen LogP contribution in [0.15, 0.2) is 249 Å². The predicted molar refractivity (Wildman–Crippen MR) is 261 cm³/mol. The van der Waals surface area contributed by atoms with E-state index in [1.165, 1.54) is 88.0 Å². The van der Waals surface area contributed by atoms with Crippen molar-refractivity contribution in [3.8, 4) is 55.6 Å². The molecule has 0 heterocycles. The van der Waals surface area contributed by atoms with Gasteiger partial charge in [0.15, 0.2) is 0 Å². The zero-order chi connectivity index (χ0) is 40.5. The summed E-state index contributed by atoms with van der Waals surface area (Å²) in [6.07, 6.45) is 0. The van der Waals surface area contributed by atoms with Gasteiger partial charge in [0.05, 0.1) is 0 Å². The third-order valence-electron chi connectivity index (χ3n) is 12.1. The van der Waals surface area contributed by atoms with Crippen molar-refractivity contribution in [3.63, 3.8) is 0 Å². The number of hydrogen-bond donors (Lipinski definition) is 0. The zero-order valence-electron chi connectivity index (χ0n) is 33.6. The molecule has 0 spiro atoms. The molecule has 0 unspecified atom stereocenters. The van der Waals surface area contributed by atoms with E-state index in [-0.39, 0.29) is 0 Å². The first-order valence-corrected chi connectivity index (χ1v) is 21.0. The fourth-order valence-corrected chi connectivity index (χ4v) is 8.98. The lowest BCUT2D eigenvalue weighted by molar-refractivity contribution is 1.28. The summed E-state index contributed by atoms with van der Waals surface area (Å²) >= 11 is 0. The summed E-state index contributed by atoms with van der Waals surface area (Å²) in [4.78, 5) is 2.38. The fourth-order valence-electron chi connectivity index (χ4n) is 8.98. The highest BCUT2D eigenvalue weighted by molar-refractivity contribution is 6.04. The minimum Gasteiger partial charge on any atom is -0.310 e. The van der Waals surface area contributed by atoms with Crippen molar-refractivity contribution in [2.24, 2.45) is 0 Å². The maximum atomic E-state index is 2.38. The molecule has 0 aliphatic heterocycles. The number of rotatable bonds is 8. The Morgan fingerprint density at radius 2 is 0.705 bits per heavy atom. The van der Waals surface area contributed by atoms with Gasteiger partial charge < -0.3 is 4.90 Å². The van der Waals surface area contributed by atoms with E-state index in [9.17, 15) is 0 Å². The minimum atomic E-state index is 1.09. The average Bonchev–Trinajstić information content (AvgIpc) is 3.34. The SMILES string of the molecule is c1ccc(-c2c(-c3ccc(N(c4ccc(-c5ccc(-c6ccc7ccccc7c6)cc5)cc4)c4cccc(-c5cccc6ccccc56)c4)cc3)ccc3ccccc23)cc1. The molecule has 0 N–H and O–H groups in total. The van der Waals surface area contributed by atoms with Crippen LogP contribution in [-0.2, 0) is 0 Å². The highest BCUT2D eigenvalue weighted by Crippen LogP contribution is 2.42. The zero-order valence-corrected chi connectivity index (χ0v) is 33.6. The van der Waals surface area contributed by atoms with Crippen molar-refractivity contribution < 1.29 is 0 Å². The summed E-state index contributed by atoms with van der Waals surface area (Å²) < 4.78 is 0. The van der Waals surface area contributed by atoms with Crippen molar-refractivity contribution in [3.05, 3.63) is 249 Å². The van der Waals surface area contributed by atoms with Crippen molar-refractivity contribution in [2.75, 3.05) is 4.90 Å². The molecule has 0 bridgehead atoms. The lowest BCUT2D eigenvalue weighted by Gasteiger charge is -2.27. The maximum Gasteiger partial charge on any atom is 0.0467 e. The predicted octanol–water partition coefficient (Wildman–Crippen LogP) is 17.0. The molecule has 11 rings (SSSR count). The Bertz CT molecular complexity index is 3320. The van der Waals surface area contributed by atoms with E-state index < -0.39 is 0 Å². The van der Waals surface area contributed by atoms with Gasteiger partial charge in [0.2, 0.25) is 0 Å². The molecule has 0 saturated carbocycles. The number of anilines is 3. The Morgan fingerprint density at radius 3 is 1.43 bits per heavy atom. The molecule has 11 aromatic carbocycles. The summed E-state index contributed by atoms with van der Waals surface area (Å²) in [5.41, 5.74) is 15.4. The molecule has 61 heavy (non-hydrogen) atoms. The van der Waals surface area contributed by atoms with Crippen LogP contribution in [0.5, 0.6) is 0 Å². The van der Waals surface area contributed by atoms with E-state index in [1.54, 1.807) is 0 Å². The molecule has 0 aliphatic carbocycles. The van der Waals surface area contributed by atoms with Crippen LogP contribution in [-0.4, -0.2) is 0 Å². The monoisotopic (exact) mass is 775 g/mol. The first-order chi connectivity index (χ1) is 30.2. The second kappa shape index (κ2) is 15.6. The lowest BCUT2D eigenvalue weighted by Crippen LogP contribution is -2.10. The van der Waals surface area contributed by atoms with Gasteiger partial charge >= 0.3 is 0 Å². The Hall–Kier alpha value is -8.00. The Morgan fingerprint density at radius 1 is 0.213 bits per heavy atom. The second-order valence-electron chi connectivity index (χ2n) is 15.7. The number of fused-ring (bicyclic) bond motifs is 3. The first kappa shape index (κ1) is 36.1. The second-order valence-corrected chi connectivity index (χ2v) is 15.7. The van der Waals surface area contributed by atoms with E-state index in [1.807, 2.05) is 0 Å². The van der Waals surface area contributed by atoms with Crippen LogP contribution in [0.1, 0.15) is 0 Å². The van der Waals surface area contributed by atoms with Gasteiger partial charge in [0.1, 0.15) is 0 Å². The topological polar surface area (TPSA) is 3.24 Å². The molecule has 0 fully saturated rings. The van der Waals surface area contributed by atoms with Gasteiger partial charge in [-0.15, -0.1) is 0 Å². The van der Waals surface area contributed by atoms with Crippen LogP contribution in [0.3, 0.4) is 0 Å². The quantitative estimate of drug-likeness (QED) is 0.149. The molecule has 0 saturated heterocycles. The molecule has 1 nitrogen and oxygen atoms in total. The van der Waals surface area contributed by atoms with Gasteiger partial charge in [-0.25, -0.2) is 0 Å². The fraction of sp³-hybridized carbons (Fsp3) is 0. The van der Waals surface area contributed by atoms with Crippen molar-refractivity contribution >= 4 is 49.4 Å². The van der Waals surface area contributed by atoms with Crippen molar-refractivity contribution in [1.29, 1.82) is 0 Å². The summed E-state index contributed by atoms with van der Waals surface area (Å²) in [6, 6.07) is 90.4. The van der Waals surface area contributed by atoms with Gasteiger partial charge in [-0.05, 0) is 130 Å². The molecular weight excluding hydrogens is 735 g/mol. The third kappa shape index (κ3) is 6.93. The number of benzene rings is 11. The molecule has 0 radical (unpaired) electrons. The molecular formula is C60H41N. The highest BCUT2D eigenvalue weighted by atomic mass is 15.1.